The first-order valence-electron chi connectivity index (χ1n) is 9.72. The lowest BCUT2D eigenvalue weighted by Gasteiger charge is -2.21. The first kappa shape index (κ1) is 21.3. The minimum Gasteiger partial charge on any atom is -0.382 e. The largest absolute Gasteiger partial charge is 0.382 e. The number of halogens is 1. The molecule has 33 heavy (non-hydrogen) atoms. The van der Waals surface area contributed by atoms with Crippen LogP contribution < -0.4 is 16.6 Å². The second-order valence-electron chi connectivity index (χ2n) is 7.11. The highest BCUT2D eigenvalue weighted by molar-refractivity contribution is 5.84. The van der Waals surface area contributed by atoms with Crippen molar-refractivity contribution in [3.8, 4) is 17.8 Å². The van der Waals surface area contributed by atoms with E-state index >= 15 is 0 Å². The maximum Gasteiger partial charge on any atom is 0.267 e. The van der Waals surface area contributed by atoms with Crippen LogP contribution in [0.5, 0.6) is 0 Å². The summed E-state index contributed by atoms with van der Waals surface area (Å²) in [5, 5.41) is 21.8. The highest BCUT2D eigenvalue weighted by Crippen LogP contribution is 2.26. The summed E-state index contributed by atoms with van der Waals surface area (Å²) in [5.41, 5.74) is 5.38. The van der Waals surface area contributed by atoms with Gasteiger partial charge in [-0.05, 0) is 38.1 Å². The van der Waals surface area contributed by atoms with Crippen molar-refractivity contribution >= 4 is 22.5 Å². The summed E-state index contributed by atoms with van der Waals surface area (Å²) in [6.07, 6.45) is 2.99. The van der Waals surface area contributed by atoms with Crippen molar-refractivity contribution in [1.29, 1.82) is 10.5 Å². The Bertz CT molecular complexity index is 1530. The molecule has 0 saturated carbocycles. The summed E-state index contributed by atoms with van der Waals surface area (Å²) in [5.74, 6) is -0.142. The van der Waals surface area contributed by atoms with Gasteiger partial charge in [0.05, 0.1) is 28.9 Å². The Labute approximate surface area is 186 Å². The molecule has 10 nitrogen and oxygen atoms in total. The van der Waals surface area contributed by atoms with Gasteiger partial charge in [0, 0.05) is 6.20 Å². The first-order valence-corrected chi connectivity index (χ1v) is 9.72. The lowest BCUT2D eigenvalue weighted by atomic mass is 10.1. The van der Waals surface area contributed by atoms with Gasteiger partial charge in [0.1, 0.15) is 46.5 Å². The fraction of sp³-hybridized carbons (Fsp3) is 0.136. The first-order chi connectivity index (χ1) is 15.8. The molecular weight excluding hydrogens is 425 g/mol. The third-order valence-electron chi connectivity index (χ3n) is 4.93. The van der Waals surface area contributed by atoms with Gasteiger partial charge >= 0.3 is 0 Å². The highest BCUT2D eigenvalue weighted by Gasteiger charge is 2.23. The zero-order valence-electron chi connectivity index (χ0n) is 17.5. The number of hydrogen-bond acceptors (Lipinski definition) is 9. The van der Waals surface area contributed by atoms with Gasteiger partial charge in [0.15, 0.2) is 5.82 Å². The fourth-order valence-electron chi connectivity index (χ4n) is 3.47. The monoisotopic (exact) mass is 441 g/mol. The molecule has 0 saturated heterocycles. The molecule has 0 amide bonds. The van der Waals surface area contributed by atoms with E-state index in [4.69, 9.17) is 5.73 Å². The number of fused-ring (bicyclic) bond motifs is 1. The van der Waals surface area contributed by atoms with Gasteiger partial charge in [-0.25, -0.2) is 19.3 Å². The van der Waals surface area contributed by atoms with E-state index in [1.807, 2.05) is 12.1 Å². The van der Waals surface area contributed by atoms with E-state index in [0.717, 1.165) is 6.07 Å². The minimum atomic E-state index is -0.743. The Morgan fingerprint density at radius 1 is 1.18 bits per heavy atom. The standard InChI is InChI=1S/C22H16FN9O/c1-11(28-20-15(9-25)19(26)29-12(2)30-20)21-31-18-16(23)6-5-13(8-24)17(18)22(33)32(21)14-4-3-7-27-10-14/h3-7,10-11H,1-2H3,(H3,26,28,29,30)/t11-/m0/s1. The number of anilines is 2. The number of aryl methyl sites for hydroxylation is 1. The number of nitrogens with one attached hydrogen (secondary N) is 1. The Balaban J connectivity index is 2.00. The van der Waals surface area contributed by atoms with Gasteiger partial charge in [-0.3, -0.25) is 14.3 Å². The van der Waals surface area contributed by atoms with Crippen molar-refractivity contribution in [2.45, 2.75) is 19.9 Å². The number of nitrogens with zero attached hydrogens (tertiary/aromatic N) is 7. The number of pyridine rings is 1. The zero-order chi connectivity index (χ0) is 23.7. The quantitative estimate of drug-likeness (QED) is 0.485. The van der Waals surface area contributed by atoms with Crippen LogP contribution in [0.25, 0.3) is 16.6 Å². The third-order valence-corrected chi connectivity index (χ3v) is 4.93. The maximum absolute atomic E-state index is 14.7. The van der Waals surface area contributed by atoms with Crippen LogP contribution in [0.15, 0.2) is 41.5 Å². The van der Waals surface area contributed by atoms with Crippen LogP contribution in [-0.2, 0) is 0 Å². The van der Waals surface area contributed by atoms with E-state index in [9.17, 15) is 19.7 Å². The van der Waals surface area contributed by atoms with Gasteiger partial charge in [-0.15, -0.1) is 0 Å². The van der Waals surface area contributed by atoms with E-state index in [1.54, 1.807) is 26.0 Å². The van der Waals surface area contributed by atoms with E-state index in [0.29, 0.717) is 11.5 Å². The minimum absolute atomic E-state index is 0.000307. The highest BCUT2D eigenvalue weighted by atomic mass is 19.1. The molecule has 0 aliphatic heterocycles. The zero-order valence-corrected chi connectivity index (χ0v) is 17.5. The number of nitriles is 2. The van der Waals surface area contributed by atoms with Crippen LogP contribution in [0.2, 0.25) is 0 Å². The predicted octanol–water partition coefficient (Wildman–Crippen LogP) is 2.52. The Hall–Kier alpha value is -4.90. The molecule has 3 heterocycles. The van der Waals surface area contributed by atoms with Crippen LogP contribution in [0.4, 0.5) is 16.0 Å². The Morgan fingerprint density at radius 3 is 2.64 bits per heavy atom. The molecule has 0 fully saturated rings. The molecule has 3 aromatic heterocycles. The SMILES string of the molecule is Cc1nc(N)c(C#N)c(N[C@@H](C)c2nc3c(F)ccc(C#N)c3c(=O)n2-c2cccnc2)n1. The summed E-state index contributed by atoms with van der Waals surface area (Å²) < 4.78 is 15.9. The number of nitrogens with two attached hydrogens (primary N) is 1. The Morgan fingerprint density at radius 2 is 1.97 bits per heavy atom. The van der Waals surface area contributed by atoms with Crippen LogP contribution in [-0.4, -0.2) is 24.5 Å². The molecule has 1 atom stereocenters. The molecule has 11 heteroatoms. The third kappa shape index (κ3) is 3.68. The summed E-state index contributed by atoms with van der Waals surface area (Å²) >= 11 is 0. The topological polar surface area (TPSA) is 159 Å². The summed E-state index contributed by atoms with van der Waals surface area (Å²) in [7, 11) is 0. The number of hydrogen-bond donors (Lipinski definition) is 2. The molecule has 4 aromatic rings. The van der Waals surface area contributed by atoms with Crippen molar-refractivity contribution in [3.05, 3.63) is 75.6 Å². The molecule has 162 valence electrons. The van der Waals surface area contributed by atoms with Crippen molar-refractivity contribution in [3.63, 3.8) is 0 Å². The second kappa shape index (κ2) is 8.32. The summed E-state index contributed by atoms with van der Waals surface area (Å²) in [4.78, 5) is 30.2. The van der Waals surface area contributed by atoms with Crippen molar-refractivity contribution in [2.24, 2.45) is 0 Å². The molecule has 4 rings (SSSR count). The van der Waals surface area contributed by atoms with Gasteiger partial charge in [-0.1, -0.05) is 0 Å². The van der Waals surface area contributed by atoms with Gasteiger partial charge < -0.3 is 11.1 Å². The molecule has 0 radical (unpaired) electrons. The lowest BCUT2D eigenvalue weighted by molar-refractivity contribution is 0.632. The van der Waals surface area contributed by atoms with E-state index in [2.05, 4.69) is 25.3 Å². The summed E-state index contributed by atoms with van der Waals surface area (Å²) in [6.45, 7) is 3.29. The van der Waals surface area contributed by atoms with Crippen LogP contribution in [0.3, 0.4) is 0 Å². The van der Waals surface area contributed by atoms with Crippen molar-refractivity contribution in [1.82, 2.24) is 24.5 Å². The second-order valence-corrected chi connectivity index (χ2v) is 7.11. The lowest BCUT2D eigenvalue weighted by Crippen LogP contribution is -2.28. The van der Waals surface area contributed by atoms with Gasteiger partial charge in [0.25, 0.3) is 5.56 Å². The van der Waals surface area contributed by atoms with Crippen molar-refractivity contribution in [2.75, 3.05) is 11.1 Å². The fourth-order valence-corrected chi connectivity index (χ4v) is 3.47. The molecule has 0 bridgehead atoms. The Kier molecular flexibility index (Phi) is 5.38. The maximum atomic E-state index is 14.7. The smallest absolute Gasteiger partial charge is 0.267 e. The number of nitrogen functional groups attached to an aromatic ring is 1. The van der Waals surface area contributed by atoms with E-state index in [1.165, 1.54) is 23.0 Å². The molecule has 0 unspecified atom stereocenters. The van der Waals surface area contributed by atoms with Crippen LogP contribution in [0, 0.1) is 35.4 Å². The van der Waals surface area contributed by atoms with Crippen LogP contribution >= 0.6 is 0 Å². The number of rotatable bonds is 4. The number of benzene rings is 1. The molecular formula is C22H16FN9O. The summed E-state index contributed by atoms with van der Waals surface area (Å²) in [6, 6.07) is 8.72. The molecule has 0 spiro atoms. The number of aromatic nitrogens is 5. The molecule has 1 aromatic carbocycles. The average Bonchev–Trinajstić information content (AvgIpc) is 2.79. The van der Waals surface area contributed by atoms with E-state index < -0.39 is 17.4 Å². The molecule has 3 N–H and O–H groups in total. The van der Waals surface area contributed by atoms with Crippen LogP contribution in [0.1, 0.15) is 35.7 Å². The van der Waals surface area contributed by atoms with E-state index in [-0.39, 0.29) is 39.5 Å². The van der Waals surface area contributed by atoms with Gasteiger partial charge in [0.2, 0.25) is 0 Å². The normalized spacial score (nSPS) is 11.5. The van der Waals surface area contributed by atoms with Crippen molar-refractivity contribution < 1.29 is 4.39 Å². The average molecular weight is 441 g/mol. The molecule has 0 aliphatic carbocycles. The predicted molar refractivity (Wildman–Crippen MR) is 118 cm³/mol. The molecule has 0 aliphatic rings. The van der Waals surface area contributed by atoms with Gasteiger partial charge in [-0.2, -0.15) is 10.5 Å².